The van der Waals surface area contributed by atoms with E-state index in [0.717, 1.165) is 0 Å². The van der Waals surface area contributed by atoms with Gasteiger partial charge in [0.05, 0.1) is 13.2 Å². The second kappa shape index (κ2) is 4.77. The third-order valence-corrected chi connectivity index (χ3v) is 0.856. The number of rotatable bonds is 2. The van der Waals surface area contributed by atoms with E-state index < -0.39 is 0 Å². The van der Waals surface area contributed by atoms with Crippen LogP contribution in [0.1, 0.15) is 13.8 Å². The van der Waals surface area contributed by atoms with E-state index in [4.69, 9.17) is 10.2 Å². The van der Waals surface area contributed by atoms with Crippen LogP contribution >= 0.6 is 0 Å². The first kappa shape index (κ1) is 11.7. The Bertz CT molecular complexity index is 48.4. The van der Waals surface area contributed by atoms with Gasteiger partial charge in [-0.1, -0.05) is 13.8 Å². The van der Waals surface area contributed by atoms with Crippen molar-refractivity contribution in [3.63, 3.8) is 0 Å². The van der Waals surface area contributed by atoms with Gasteiger partial charge in [0, 0.05) is 5.41 Å². The molecule has 0 heterocycles. The van der Waals surface area contributed by atoms with Crippen LogP contribution in [0.3, 0.4) is 0 Å². The van der Waals surface area contributed by atoms with E-state index in [9.17, 15) is 0 Å². The Hall–Kier alpha value is 0.920. The molecule has 0 bridgehead atoms. The van der Waals surface area contributed by atoms with Crippen molar-refractivity contribution in [3.05, 3.63) is 0 Å². The summed E-state index contributed by atoms with van der Waals surface area (Å²) in [7, 11) is 0. The molecule has 0 saturated heterocycles. The van der Waals surface area contributed by atoms with Crippen molar-refractivity contribution >= 4 is 0 Å². The van der Waals surface area contributed by atoms with Gasteiger partial charge in [0.2, 0.25) is 0 Å². The molecule has 0 rings (SSSR count). The number of hydrogen-bond acceptors (Lipinski definition) is 2. The van der Waals surface area contributed by atoms with Crippen molar-refractivity contribution in [1.29, 1.82) is 0 Å². The van der Waals surface area contributed by atoms with E-state index in [2.05, 4.69) is 0 Å². The zero-order chi connectivity index (χ0) is 5.91. The molecule has 0 aromatic rings. The molecule has 2 N–H and O–H groups in total. The molecule has 2 nitrogen and oxygen atoms in total. The molecule has 0 unspecified atom stereocenters. The summed E-state index contributed by atoms with van der Waals surface area (Å²) in [5.41, 5.74) is -0.306. The predicted octanol–water partition coefficient (Wildman–Crippen LogP) is -3.00. The minimum atomic E-state index is -0.306. The molecule has 0 aromatic carbocycles. The maximum atomic E-state index is 8.43. The Morgan fingerprint density at radius 3 is 1.38 bits per heavy atom. The predicted molar refractivity (Wildman–Crippen MR) is 28.0 cm³/mol. The van der Waals surface area contributed by atoms with Crippen LogP contribution < -0.4 is 29.6 Å². The summed E-state index contributed by atoms with van der Waals surface area (Å²) in [6.07, 6.45) is 0. The Kier molecular flexibility index (Phi) is 6.96. The van der Waals surface area contributed by atoms with Gasteiger partial charge in [-0.3, -0.25) is 0 Å². The number of hydrogen-bond donors (Lipinski definition) is 2. The largest absolute Gasteiger partial charge is 1.00 e. The summed E-state index contributed by atoms with van der Waals surface area (Å²) in [6.45, 7) is 3.69. The van der Waals surface area contributed by atoms with Gasteiger partial charge in [-0.2, -0.15) is 0 Å². The topological polar surface area (TPSA) is 40.5 Å². The van der Waals surface area contributed by atoms with Crippen molar-refractivity contribution in [2.75, 3.05) is 13.2 Å². The van der Waals surface area contributed by atoms with Crippen LogP contribution in [-0.4, -0.2) is 23.4 Å². The Labute approximate surface area is 72.2 Å². The molecule has 0 fully saturated rings. The zero-order valence-electron chi connectivity index (χ0n) is 5.81. The quantitative estimate of drug-likeness (QED) is 0.388. The van der Waals surface area contributed by atoms with Crippen LogP contribution in [0.15, 0.2) is 0 Å². The minimum absolute atomic E-state index is 0. The normalized spacial score (nSPS) is 10.5. The van der Waals surface area contributed by atoms with Crippen LogP contribution in [-0.2, 0) is 0 Å². The van der Waals surface area contributed by atoms with E-state index in [0.29, 0.717) is 0 Å². The molecule has 0 radical (unpaired) electrons. The average molecular weight is 127 g/mol. The molecular formula is C5H12NaO2+. The van der Waals surface area contributed by atoms with E-state index in [1.165, 1.54) is 0 Å². The average Bonchev–Trinajstić information content (AvgIpc) is 1.68. The number of aliphatic hydroxyl groups excluding tert-OH is 2. The molecule has 0 amide bonds. The van der Waals surface area contributed by atoms with Gasteiger partial charge in [-0.25, -0.2) is 0 Å². The van der Waals surface area contributed by atoms with E-state index >= 15 is 0 Å². The molecule has 0 spiro atoms. The molecule has 0 saturated carbocycles. The van der Waals surface area contributed by atoms with Gasteiger partial charge in [0.1, 0.15) is 0 Å². The van der Waals surface area contributed by atoms with E-state index in [-0.39, 0.29) is 48.2 Å². The smallest absolute Gasteiger partial charge is 0.396 e. The summed E-state index contributed by atoms with van der Waals surface area (Å²) >= 11 is 0. The first-order valence-electron chi connectivity index (χ1n) is 2.34. The van der Waals surface area contributed by atoms with Crippen LogP contribution in [0.25, 0.3) is 0 Å². The standard InChI is InChI=1S/C5H12O2.Na/c1-5(2,3-6)4-7;/h6-7H,3-4H2,1-2H3;/q;+1. The molecule has 0 aliphatic carbocycles. The zero-order valence-corrected chi connectivity index (χ0v) is 7.81. The SMILES string of the molecule is CC(C)(CO)CO.[Na+]. The summed E-state index contributed by atoms with van der Waals surface area (Å²) in [5.74, 6) is 0. The van der Waals surface area contributed by atoms with E-state index in [1.54, 1.807) is 13.8 Å². The van der Waals surface area contributed by atoms with Crippen molar-refractivity contribution in [1.82, 2.24) is 0 Å². The van der Waals surface area contributed by atoms with Gasteiger partial charge < -0.3 is 10.2 Å². The van der Waals surface area contributed by atoms with Crippen molar-refractivity contribution in [3.8, 4) is 0 Å². The minimum Gasteiger partial charge on any atom is -0.396 e. The number of aliphatic hydroxyl groups is 2. The Balaban J connectivity index is 0. The van der Waals surface area contributed by atoms with Crippen LogP contribution in [0, 0.1) is 5.41 Å². The molecular weight excluding hydrogens is 115 g/mol. The summed E-state index contributed by atoms with van der Waals surface area (Å²) in [4.78, 5) is 0. The summed E-state index contributed by atoms with van der Waals surface area (Å²) in [6, 6.07) is 0. The maximum absolute atomic E-state index is 8.43. The summed E-state index contributed by atoms with van der Waals surface area (Å²) < 4.78 is 0. The second-order valence-corrected chi connectivity index (χ2v) is 2.48. The van der Waals surface area contributed by atoms with Crippen molar-refractivity contribution in [2.24, 2.45) is 5.41 Å². The molecule has 3 heteroatoms. The van der Waals surface area contributed by atoms with Crippen molar-refractivity contribution < 1.29 is 39.8 Å². The Morgan fingerprint density at radius 2 is 1.38 bits per heavy atom. The first-order chi connectivity index (χ1) is 3.12. The van der Waals surface area contributed by atoms with Gasteiger partial charge in [0.25, 0.3) is 0 Å². The fourth-order valence-electron chi connectivity index (χ4n) is 0.0500. The summed E-state index contributed by atoms with van der Waals surface area (Å²) in [5, 5.41) is 16.9. The maximum Gasteiger partial charge on any atom is 1.00 e. The van der Waals surface area contributed by atoms with Gasteiger partial charge in [-0.05, 0) is 0 Å². The van der Waals surface area contributed by atoms with Gasteiger partial charge in [0.15, 0.2) is 0 Å². The fourth-order valence-corrected chi connectivity index (χ4v) is 0.0500. The van der Waals surface area contributed by atoms with Crippen LogP contribution in [0.2, 0.25) is 0 Å². The molecule has 0 atom stereocenters. The Morgan fingerprint density at radius 1 is 1.12 bits per heavy atom. The van der Waals surface area contributed by atoms with E-state index in [1.807, 2.05) is 0 Å². The molecule has 0 aliphatic heterocycles. The van der Waals surface area contributed by atoms with Gasteiger partial charge >= 0.3 is 29.6 Å². The molecule has 8 heavy (non-hydrogen) atoms. The third-order valence-electron chi connectivity index (χ3n) is 0.856. The fraction of sp³-hybridized carbons (Fsp3) is 1.00. The second-order valence-electron chi connectivity index (χ2n) is 2.48. The first-order valence-corrected chi connectivity index (χ1v) is 2.34. The molecule has 0 aliphatic rings. The van der Waals surface area contributed by atoms with Crippen LogP contribution in [0.5, 0.6) is 0 Å². The van der Waals surface area contributed by atoms with Crippen LogP contribution in [0.4, 0.5) is 0 Å². The monoisotopic (exact) mass is 127 g/mol. The third kappa shape index (κ3) is 5.06. The van der Waals surface area contributed by atoms with Gasteiger partial charge in [-0.15, -0.1) is 0 Å². The molecule has 0 aromatic heterocycles. The van der Waals surface area contributed by atoms with Crippen molar-refractivity contribution in [2.45, 2.75) is 13.8 Å². The molecule has 44 valence electrons.